The minimum atomic E-state index is -3.12. The highest BCUT2D eigenvalue weighted by Crippen LogP contribution is 2.54. The van der Waals surface area contributed by atoms with Gasteiger partial charge in [-0.25, -0.2) is 0 Å². The van der Waals surface area contributed by atoms with Crippen LogP contribution in [0.3, 0.4) is 0 Å². The SMILES string of the molecule is C[Si](C)(C)c1cccc(C2=C(c3ccccc3)C(c3ccccc3)=C(c3cccc([Si](C)(C)C)n3)[Si]2(c2ccccc2)c2ccccc2)n1. The molecule has 0 bridgehead atoms. The molecule has 6 aromatic rings. The molecule has 0 unspecified atom stereocenters. The van der Waals surface area contributed by atoms with Gasteiger partial charge in [0, 0.05) is 10.6 Å². The molecule has 0 fully saturated rings. The molecule has 5 heteroatoms. The van der Waals surface area contributed by atoms with E-state index in [1.807, 2.05) is 0 Å². The van der Waals surface area contributed by atoms with Crippen molar-refractivity contribution in [1.29, 1.82) is 0 Å². The lowest BCUT2D eigenvalue weighted by Gasteiger charge is -2.35. The van der Waals surface area contributed by atoms with Crippen molar-refractivity contribution in [3.05, 3.63) is 180 Å². The van der Waals surface area contributed by atoms with Gasteiger partial charge in [0.15, 0.2) is 8.07 Å². The van der Waals surface area contributed by atoms with Crippen LogP contribution in [0.2, 0.25) is 39.3 Å². The molecule has 242 valence electrons. The van der Waals surface area contributed by atoms with E-state index in [1.54, 1.807) is 0 Å². The zero-order valence-electron chi connectivity index (χ0n) is 29.4. The predicted octanol–water partition coefficient (Wildman–Crippen LogP) is 8.44. The molecule has 49 heavy (non-hydrogen) atoms. The lowest BCUT2D eigenvalue weighted by Crippen LogP contribution is -2.60. The standard InChI is InChI=1S/C44H44N2Si3/c1-47(2,3)39-31-19-29-37(45-39)43-41(33-21-11-7-12-22-33)42(34-23-13-8-14-24-34)44(38-30-20-32-40(46-38)48(4,5)6)49(43,35-25-15-9-16-26-35)36-27-17-10-18-28-36/h7-32H,1-6H3. The molecule has 0 N–H and O–H groups in total. The summed E-state index contributed by atoms with van der Waals surface area (Å²) in [7, 11) is -6.62. The van der Waals surface area contributed by atoms with Crippen LogP contribution < -0.4 is 21.0 Å². The Labute approximate surface area is 295 Å². The van der Waals surface area contributed by atoms with Gasteiger partial charge < -0.3 is 0 Å². The first kappa shape index (κ1) is 32.8. The Morgan fingerprint density at radius 2 is 0.694 bits per heavy atom. The van der Waals surface area contributed by atoms with E-state index in [0.717, 1.165) is 11.4 Å². The van der Waals surface area contributed by atoms with Gasteiger partial charge in [-0.15, -0.1) is 0 Å². The lowest BCUT2D eigenvalue weighted by atomic mass is 9.90. The summed E-state index contributed by atoms with van der Waals surface area (Å²) in [6, 6.07) is 58.1. The van der Waals surface area contributed by atoms with Crippen LogP contribution >= 0.6 is 0 Å². The van der Waals surface area contributed by atoms with Crippen LogP contribution in [-0.2, 0) is 0 Å². The average molecular weight is 685 g/mol. The second kappa shape index (κ2) is 13.0. The molecule has 2 nitrogen and oxygen atoms in total. The number of allylic oxidation sites excluding steroid dienone is 2. The third-order valence-corrected chi connectivity index (χ3v) is 18.1. The third kappa shape index (κ3) is 5.97. The maximum atomic E-state index is 5.66. The third-order valence-electron chi connectivity index (χ3n) is 9.59. The van der Waals surface area contributed by atoms with Crippen LogP contribution in [0.15, 0.2) is 158 Å². The van der Waals surface area contributed by atoms with E-state index in [4.69, 9.17) is 9.97 Å². The fourth-order valence-corrected chi connectivity index (χ4v) is 14.8. The normalized spacial score (nSPS) is 14.7. The highest BCUT2D eigenvalue weighted by atomic mass is 28.3. The summed E-state index contributed by atoms with van der Waals surface area (Å²) in [6.07, 6.45) is 0. The van der Waals surface area contributed by atoms with Crippen LogP contribution in [0.5, 0.6) is 0 Å². The van der Waals surface area contributed by atoms with Crippen LogP contribution in [0.25, 0.3) is 21.5 Å². The summed E-state index contributed by atoms with van der Waals surface area (Å²) in [5, 5.41) is 7.80. The van der Waals surface area contributed by atoms with Crippen molar-refractivity contribution >= 4 is 66.8 Å². The Bertz CT molecular complexity index is 2000. The highest BCUT2D eigenvalue weighted by Gasteiger charge is 2.54. The lowest BCUT2D eigenvalue weighted by molar-refractivity contribution is 1.31. The molecule has 1 aliphatic rings. The largest absolute Gasteiger partial charge is 0.258 e. The number of hydrogen-bond acceptors (Lipinski definition) is 2. The van der Waals surface area contributed by atoms with E-state index in [0.29, 0.717) is 0 Å². The molecule has 0 amide bonds. The van der Waals surface area contributed by atoms with E-state index in [2.05, 4.69) is 197 Å². The van der Waals surface area contributed by atoms with Gasteiger partial charge in [-0.05, 0) is 67.3 Å². The van der Waals surface area contributed by atoms with Gasteiger partial charge in [0.25, 0.3) is 0 Å². The molecule has 0 radical (unpaired) electrons. The predicted molar refractivity (Wildman–Crippen MR) is 219 cm³/mol. The van der Waals surface area contributed by atoms with Gasteiger partial charge in [-0.3, -0.25) is 9.97 Å². The number of benzene rings is 4. The second-order valence-electron chi connectivity index (χ2n) is 15.0. The Kier molecular flexibility index (Phi) is 8.69. The van der Waals surface area contributed by atoms with E-state index < -0.39 is 24.2 Å². The zero-order valence-corrected chi connectivity index (χ0v) is 32.4. The smallest absolute Gasteiger partial charge is 0.185 e. The molecule has 3 heterocycles. The summed E-state index contributed by atoms with van der Waals surface area (Å²) in [5.41, 5.74) is 7.09. The first-order valence-corrected chi connectivity index (χ1v) is 26.3. The first-order valence-electron chi connectivity index (χ1n) is 17.3. The fourth-order valence-electron chi connectivity index (χ4n) is 7.28. The minimum absolute atomic E-state index is 1.07. The second-order valence-corrected chi connectivity index (χ2v) is 28.7. The average Bonchev–Trinajstić information content (AvgIpc) is 3.45. The van der Waals surface area contributed by atoms with Gasteiger partial charge in [-0.2, -0.15) is 0 Å². The van der Waals surface area contributed by atoms with Gasteiger partial charge in [0.1, 0.15) is 16.1 Å². The van der Waals surface area contributed by atoms with E-state index >= 15 is 0 Å². The maximum Gasteiger partial charge on any atom is 0.185 e. The Balaban J connectivity index is 1.77. The molecule has 0 spiro atoms. The van der Waals surface area contributed by atoms with Crippen LogP contribution in [-0.4, -0.2) is 34.2 Å². The van der Waals surface area contributed by atoms with Gasteiger partial charge in [0.05, 0.1) is 11.4 Å². The molecule has 0 aliphatic carbocycles. The fraction of sp³-hybridized carbons (Fsp3) is 0.136. The summed E-state index contributed by atoms with van der Waals surface area (Å²) in [4.78, 5) is 11.3. The van der Waals surface area contributed by atoms with Crippen molar-refractivity contribution < 1.29 is 0 Å². The van der Waals surface area contributed by atoms with E-state index in [-0.39, 0.29) is 0 Å². The van der Waals surface area contributed by atoms with Crippen LogP contribution in [0.1, 0.15) is 22.5 Å². The van der Waals surface area contributed by atoms with Gasteiger partial charge in [0.2, 0.25) is 0 Å². The quantitative estimate of drug-likeness (QED) is 0.151. The molecular formula is C44H44N2Si3. The molecule has 0 atom stereocenters. The molecule has 7 rings (SSSR count). The van der Waals surface area contributed by atoms with Crippen molar-refractivity contribution in [3.8, 4) is 0 Å². The Morgan fingerprint density at radius 1 is 0.367 bits per heavy atom. The number of pyridine rings is 2. The number of rotatable bonds is 8. The van der Waals surface area contributed by atoms with Crippen molar-refractivity contribution in [2.24, 2.45) is 0 Å². The van der Waals surface area contributed by atoms with Crippen molar-refractivity contribution in [1.82, 2.24) is 9.97 Å². The summed E-state index contributed by atoms with van der Waals surface area (Å²) in [5.74, 6) is 0. The van der Waals surface area contributed by atoms with Crippen molar-refractivity contribution in [2.75, 3.05) is 0 Å². The first-order chi connectivity index (χ1) is 23.6. The molecule has 4 aromatic carbocycles. The summed E-state index contributed by atoms with van der Waals surface area (Å²) < 4.78 is 0. The monoisotopic (exact) mass is 684 g/mol. The number of nitrogens with zero attached hydrogens (tertiary/aromatic N) is 2. The minimum Gasteiger partial charge on any atom is -0.258 e. The number of aromatic nitrogens is 2. The summed E-state index contributed by atoms with van der Waals surface area (Å²) in [6.45, 7) is 14.4. The molecule has 2 aromatic heterocycles. The van der Waals surface area contributed by atoms with Crippen molar-refractivity contribution in [2.45, 2.75) is 39.3 Å². The van der Waals surface area contributed by atoms with Crippen LogP contribution in [0, 0.1) is 0 Å². The molecular weight excluding hydrogens is 641 g/mol. The Morgan fingerprint density at radius 3 is 1.02 bits per heavy atom. The molecule has 0 saturated carbocycles. The summed E-state index contributed by atoms with van der Waals surface area (Å²) >= 11 is 0. The maximum absolute atomic E-state index is 5.66. The molecule has 0 saturated heterocycles. The van der Waals surface area contributed by atoms with Crippen molar-refractivity contribution in [3.63, 3.8) is 0 Å². The number of hydrogen-bond donors (Lipinski definition) is 0. The van der Waals surface area contributed by atoms with E-state index in [9.17, 15) is 0 Å². The van der Waals surface area contributed by atoms with Gasteiger partial charge >= 0.3 is 0 Å². The van der Waals surface area contributed by atoms with Crippen LogP contribution in [0.4, 0.5) is 0 Å². The highest BCUT2D eigenvalue weighted by molar-refractivity contribution is 7.29. The van der Waals surface area contributed by atoms with Gasteiger partial charge in [-0.1, -0.05) is 173 Å². The zero-order chi connectivity index (χ0) is 34.2. The molecule has 1 aliphatic heterocycles. The van der Waals surface area contributed by atoms with E-state index in [1.165, 1.54) is 53.7 Å². The topological polar surface area (TPSA) is 25.8 Å². The Hall–Kier alpha value is -4.69.